The van der Waals surface area contributed by atoms with E-state index in [0.717, 1.165) is 37.2 Å². The first-order chi connectivity index (χ1) is 11.7. The number of carbonyl (C=O) groups excluding carboxylic acids is 2. The Kier molecular flexibility index (Phi) is 8.33. The number of esters is 1. The topological polar surface area (TPSA) is 46.6 Å². The maximum atomic E-state index is 12.5. The largest absolute Gasteiger partial charge is 0.466 e. The number of benzene rings is 1. The Bertz CT molecular complexity index is 541. The van der Waals surface area contributed by atoms with Crippen LogP contribution >= 0.6 is 11.8 Å². The van der Waals surface area contributed by atoms with E-state index in [2.05, 4.69) is 11.0 Å². The Morgan fingerprint density at radius 2 is 1.83 bits per heavy atom. The molecule has 132 valence electrons. The van der Waals surface area contributed by atoms with Crippen LogP contribution in [0.4, 0.5) is 0 Å². The molecular formula is C19H27NO3S. The highest BCUT2D eigenvalue weighted by Gasteiger charge is 2.16. The summed E-state index contributed by atoms with van der Waals surface area (Å²) >= 11 is 1.99. The van der Waals surface area contributed by atoms with Gasteiger partial charge in [-0.15, -0.1) is 0 Å². The van der Waals surface area contributed by atoms with Gasteiger partial charge >= 0.3 is 5.97 Å². The summed E-state index contributed by atoms with van der Waals surface area (Å²) in [5.41, 5.74) is 1.96. The second-order valence-electron chi connectivity index (χ2n) is 5.98. The van der Waals surface area contributed by atoms with E-state index in [9.17, 15) is 9.59 Å². The van der Waals surface area contributed by atoms with Crippen molar-refractivity contribution < 1.29 is 14.3 Å². The Balaban J connectivity index is 1.83. The van der Waals surface area contributed by atoms with Crippen molar-refractivity contribution in [2.24, 2.45) is 0 Å². The van der Waals surface area contributed by atoms with Crippen molar-refractivity contribution in [3.8, 4) is 0 Å². The first-order valence-electron chi connectivity index (χ1n) is 8.77. The summed E-state index contributed by atoms with van der Waals surface area (Å²) < 4.78 is 4.91. The van der Waals surface area contributed by atoms with E-state index in [4.69, 9.17) is 4.74 Å². The van der Waals surface area contributed by atoms with Crippen molar-refractivity contribution in [1.29, 1.82) is 0 Å². The monoisotopic (exact) mass is 349 g/mol. The van der Waals surface area contributed by atoms with Gasteiger partial charge < -0.3 is 4.74 Å². The lowest BCUT2D eigenvalue weighted by atomic mass is 9.99. The van der Waals surface area contributed by atoms with Crippen LogP contribution < -0.4 is 0 Å². The molecule has 1 aromatic rings. The molecule has 1 aliphatic heterocycles. The number of unbranched alkanes of at least 4 members (excludes halogenated alkanes) is 1. The summed E-state index contributed by atoms with van der Waals surface area (Å²) in [6.07, 6.45) is 2.32. The molecule has 0 atom stereocenters. The van der Waals surface area contributed by atoms with Crippen molar-refractivity contribution in [3.05, 3.63) is 35.4 Å². The molecule has 1 aliphatic rings. The molecule has 0 unspecified atom stereocenters. The van der Waals surface area contributed by atoms with Crippen molar-refractivity contribution in [2.75, 3.05) is 31.2 Å². The fraction of sp³-hybridized carbons (Fsp3) is 0.579. The van der Waals surface area contributed by atoms with Crippen molar-refractivity contribution in [1.82, 2.24) is 4.90 Å². The first kappa shape index (κ1) is 19.0. The normalized spacial score (nSPS) is 15.2. The van der Waals surface area contributed by atoms with E-state index in [-0.39, 0.29) is 11.8 Å². The van der Waals surface area contributed by atoms with Crippen LogP contribution in [0.3, 0.4) is 0 Å². The fourth-order valence-corrected chi connectivity index (χ4v) is 3.83. The third kappa shape index (κ3) is 6.29. The maximum Gasteiger partial charge on any atom is 0.305 e. The number of carbonyl (C=O) groups is 2. The Labute approximate surface area is 148 Å². The predicted molar refractivity (Wildman–Crippen MR) is 98.5 cm³/mol. The lowest BCUT2D eigenvalue weighted by Crippen LogP contribution is -2.32. The van der Waals surface area contributed by atoms with E-state index in [1.807, 2.05) is 30.0 Å². The molecule has 24 heavy (non-hydrogen) atoms. The standard InChI is InChI=1S/C19H27NO3S/c1-2-23-19(22)10-6-5-9-18(21)17-8-4-3-7-16(17)15-20-11-13-24-14-12-20/h3-4,7-8H,2,5-6,9-15H2,1H3. The van der Waals surface area contributed by atoms with Crippen LogP contribution in [0.2, 0.25) is 0 Å². The van der Waals surface area contributed by atoms with E-state index >= 15 is 0 Å². The Morgan fingerprint density at radius 3 is 2.58 bits per heavy atom. The Hall–Kier alpha value is -1.33. The molecule has 0 spiro atoms. The minimum absolute atomic E-state index is 0.173. The third-order valence-electron chi connectivity index (χ3n) is 4.16. The van der Waals surface area contributed by atoms with Crippen LogP contribution in [-0.4, -0.2) is 47.9 Å². The van der Waals surface area contributed by atoms with Gasteiger partial charge in [-0.1, -0.05) is 24.3 Å². The van der Waals surface area contributed by atoms with Crippen molar-refractivity contribution in [2.45, 2.75) is 39.2 Å². The molecular weight excluding hydrogens is 322 g/mol. The molecule has 1 aromatic carbocycles. The summed E-state index contributed by atoms with van der Waals surface area (Å²) in [6, 6.07) is 7.93. The number of nitrogens with zero attached hydrogens (tertiary/aromatic N) is 1. The zero-order valence-electron chi connectivity index (χ0n) is 14.5. The highest BCUT2D eigenvalue weighted by molar-refractivity contribution is 7.99. The van der Waals surface area contributed by atoms with Gasteiger partial charge in [0.15, 0.2) is 5.78 Å². The second kappa shape index (κ2) is 10.5. The van der Waals surface area contributed by atoms with Crippen LogP contribution in [0.1, 0.15) is 48.5 Å². The summed E-state index contributed by atoms with van der Waals surface area (Å²) in [5, 5.41) is 0. The third-order valence-corrected chi connectivity index (χ3v) is 5.10. The summed E-state index contributed by atoms with van der Waals surface area (Å²) in [7, 11) is 0. The number of thioether (sulfide) groups is 1. The molecule has 0 aromatic heterocycles. The molecule has 1 fully saturated rings. The minimum Gasteiger partial charge on any atom is -0.466 e. The predicted octanol–water partition coefficient (Wildman–Crippen LogP) is 3.54. The zero-order chi connectivity index (χ0) is 17.2. The quantitative estimate of drug-likeness (QED) is 0.388. The number of rotatable bonds is 9. The zero-order valence-corrected chi connectivity index (χ0v) is 15.3. The molecule has 0 amide bonds. The number of hydrogen-bond donors (Lipinski definition) is 0. The molecule has 0 N–H and O–H groups in total. The average Bonchev–Trinajstić information content (AvgIpc) is 2.60. The van der Waals surface area contributed by atoms with Crippen LogP contribution in [-0.2, 0) is 16.1 Å². The van der Waals surface area contributed by atoms with Gasteiger partial charge in [0, 0.05) is 49.5 Å². The van der Waals surface area contributed by atoms with E-state index in [1.165, 1.54) is 11.5 Å². The van der Waals surface area contributed by atoms with Crippen LogP contribution in [0, 0.1) is 0 Å². The molecule has 2 rings (SSSR count). The highest BCUT2D eigenvalue weighted by Crippen LogP contribution is 2.18. The van der Waals surface area contributed by atoms with Gasteiger partial charge in [0.25, 0.3) is 0 Å². The van der Waals surface area contributed by atoms with Crippen molar-refractivity contribution >= 4 is 23.5 Å². The smallest absolute Gasteiger partial charge is 0.305 e. The first-order valence-corrected chi connectivity index (χ1v) is 9.93. The second-order valence-corrected chi connectivity index (χ2v) is 7.21. The summed E-state index contributed by atoms with van der Waals surface area (Å²) in [6.45, 7) is 5.25. The molecule has 1 saturated heterocycles. The van der Waals surface area contributed by atoms with Crippen LogP contribution in [0.5, 0.6) is 0 Å². The summed E-state index contributed by atoms with van der Waals surface area (Å²) in [4.78, 5) is 26.3. The van der Waals surface area contributed by atoms with Crippen LogP contribution in [0.15, 0.2) is 24.3 Å². The lowest BCUT2D eigenvalue weighted by Gasteiger charge is -2.26. The van der Waals surface area contributed by atoms with Gasteiger partial charge in [-0.25, -0.2) is 0 Å². The van der Waals surface area contributed by atoms with E-state index in [1.54, 1.807) is 6.92 Å². The van der Waals surface area contributed by atoms with Crippen LogP contribution in [0.25, 0.3) is 0 Å². The molecule has 0 bridgehead atoms. The summed E-state index contributed by atoms with van der Waals surface area (Å²) in [5.74, 6) is 2.35. The SMILES string of the molecule is CCOC(=O)CCCCC(=O)c1ccccc1CN1CCSCC1. The number of ether oxygens (including phenoxy) is 1. The van der Waals surface area contributed by atoms with Gasteiger partial charge in [0.1, 0.15) is 0 Å². The fourth-order valence-electron chi connectivity index (χ4n) is 2.85. The number of hydrogen-bond acceptors (Lipinski definition) is 5. The lowest BCUT2D eigenvalue weighted by molar-refractivity contribution is -0.143. The average molecular weight is 349 g/mol. The Morgan fingerprint density at radius 1 is 1.12 bits per heavy atom. The van der Waals surface area contributed by atoms with Gasteiger partial charge in [0.2, 0.25) is 0 Å². The van der Waals surface area contributed by atoms with Gasteiger partial charge in [0.05, 0.1) is 6.61 Å². The molecule has 0 radical (unpaired) electrons. The number of Topliss-reactive ketones (excluding diaryl/α,β-unsaturated/α-hetero) is 1. The highest BCUT2D eigenvalue weighted by atomic mass is 32.2. The van der Waals surface area contributed by atoms with Crippen molar-refractivity contribution in [3.63, 3.8) is 0 Å². The minimum atomic E-state index is -0.173. The molecule has 4 nitrogen and oxygen atoms in total. The molecule has 0 saturated carbocycles. The van der Waals surface area contributed by atoms with E-state index < -0.39 is 0 Å². The molecule has 1 heterocycles. The number of ketones is 1. The van der Waals surface area contributed by atoms with Gasteiger partial charge in [-0.2, -0.15) is 11.8 Å². The maximum absolute atomic E-state index is 12.5. The molecule has 0 aliphatic carbocycles. The van der Waals surface area contributed by atoms with E-state index in [0.29, 0.717) is 25.9 Å². The van der Waals surface area contributed by atoms with Gasteiger partial charge in [-0.3, -0.25) is 14.5 Å². The van der Waals surface area contributed by atoms with Gasteiger partial charge in [-0.05, 0) is 25.3 Å². The molecule has 5 heteroatoms.